The fourth-order valence-electron chi connectivity index (χ4n) is 2.84. The summed E-state index contributed by atoms with van der Waals surface area (Å²) in [5, 5.41) is 9.53. The Kier molecular flexibility index (Phi) is 6.62. The normalized spacial score (nSPS) is 14.6. The van der Waals surface area contributed by atoms with Gasteiger partial charge in [-0.05, 0) is 37.6 Å². The predicted molar refractivity (Wildman–Crippen MR) is 99.4 cm³/mol. The first kappa shape index (κ1) is 18.8. The number of carbonyl (C=O) groups excluding carboxylic acids is 1. The van der Waals surface area contributed by atoms with E-state index in [2.05, 4.69) is 26.6 Å². The van der Waals surface area contributed by atoms with E-state index in [0.29, 0.717) is 25.2 Å². The molecule has 0 N–H and O–H groups in total. The maximum atomic E-state index is 12.9. The van der Waals surface area contributed by atoms with Gasteiger partial charge in [-0.3, -0.25) is 9.36 Å². The third-order valence-corrected chi connectivity index (χ3v) is 5.31. The number of ether oxygens (including phenoxy) is 1. The second-order valence-electron chi connectivity index (χ2n) is 6.01. The average molecular weight is 378 g/mol. The Labute approximate surface area is 156 Å². The molecule has 0 amide bonds. The van der Waals surface area contributed by atoms with Crippen LogP contribution in [0.5, 0.6) is 0 Å². The molecule has 2 aromatic rings. The average Bonchev–Trinajstić information content (AvgIpc) is 3.09. The molecule has 0 unspecified atom stereocenters. The molecule has 1 saturated heterocycles. The third-order valence-electron chi connectivity index (χ3n) is 4.25. The lowest BCUT2D eigenvalue weighted by Gasteiger charge is -2.27. The molecule has 1 aromatic carbocycles. The van der Waals surface area contributed by atoms with Crippen molar-refractivity contribution in [2.24, 2.45) is 0 Å². The topological polar surface area (TPSA) is 60.2 Å². The Hall–Kier alpha value is -1.93. The molecule has 26 heavy (non-hydrogen) atoms. The van der Waals surface area contributed by atoms with Gasteiger partial charge < -0.3 is 9.64 Å². The molecule has 2 heterocycles. The molecule has 1 aliphatic heterocycles. The first-order valence-corrected chi connectivity index (χ1v) is 9.85. The highest BCUT2D eigenvalue weighted by Crippen LogP contribution is 2.23. The van der Waals surface area contributed by atoms with E-state index < -0.39 is 0 Å². The molecule has 0 aliphatic carbocycles. The summed E-state index contributed by atoms with van der Waals surface area (Å²) in [7, 11) is 0. The summed E-state index contributed by atoms with van der Waals surface area (Å²) in [4.78, 5) is 14.3. The fourth-order valence-corrected chi connectivity index (χ4v) is 3.77. The van der Waals surface area contributed by atoms with Crippen LogP contribution in [-0.4, -0.2) is 52.6 Å². The first-order valence-electron chi connectivity index (χ1n) is 8.86. The highest BCUT2D eigenvalue weighted by molar-refractivity contribution is 7.99. The third kappa shape index (κ3) is 4.62. The van der Waals surface area contributed by atoms with Crippen molar-refractivity contribution in [2.75, 3.05) is 37.0 Å². The molecule has 140 valence electrons. The van der Waals surface area contributed by atoms with Gasteiger partial charge in [-0.25, -0.2) is 4.39 Å². The molecule has 0 spiro atoms. The van der Waals surface area contributed by atoms with Gasteiger partial charge in [0.05, 0.1) is 13.2 Å². The Morgan fingerprint density at radius 3 is 2.65 bits per heavy atom. The molecular weight excluding hydrogens is 355 g/mol. The molecule has 8 heteroatoms. The SMILES string of the molecule is CCn1c(SCCCC(=O)c2ccc(F)cc2)nnc1N1CCOCC1. The summed E-state index contributed by atoms with van der Waals surface area (Å²) >= 11 is 1.62. The maximum Gasteiger partial charge on any atom is 0.228 e. The summed E-state index contributed by atoms with van der Waals surface area (Å²) in [6, 6.07) is 5.71. The van der Waals surface area contributed by atoms with Gasteiger partial charge in [-0.15, -0.1) is 10.2 Å². The van der Waals surface area contributed by atoms with Gasteiger partial charge in [0.2, 0.25) is 5.95 Å². The molecule has 1 fully saturated rings. The van der Waals surface area contributed by atoms with Crippen LogP contribution in [0.4, 0.5) is 10.3 Å². The van der Waals surface area contributed by atoms with Crippen molar-refractivity contribution in [1.82, 2.24) is 14.8 Å². The van der Waals surface area contributed by atoms with Crippen molar-refractivity contribution in [3.05, 3.63) is 35.6 Å². The van der Waals surface area contributed by atoms with Crippen LogP contribution in [-0.2, 0) is 11.3 Å². The van der Waals surface area contributed by atoms with E-state index in [1.54, 1.807) is 11.8 Å². The number of halogens is 1. The highest BCUT2D eigenvalue weighted by Gasteiger charge is 2.19. The Morgan fingerprint density at radius 1 is 1.23 bits per heavy atom. The second kappa shape index (κ2) is 9.14. The van der Waals surface area contributed by atoms with Crippen molar-refractivity contribution >= 4 is 23.5 Å². The van der Waals surface area contributed by atoms with Gasteiger partial charge in [0.1, 0.15) is 5.82 Å². The minimum atomic E-state index is -0.327. The van der Waals surface area contributed by atoms with Gasteiger partial charge in [0.25, 0.3) is 0 Å². The van der Waals surface area contributed by atoms with Crippen LogP contribution < -0.4 is 4.90 Å². The maximum absolute atomic E-state index is 12.9. The number of hydrogen-bond donors (Lipinski definition) is 0. The standard InChI is InChI=1S/C18H23FN4O2S/c1-2-23-17(22-9-11-25-12-10-22)20-21-18(23)26-13-3-4-16(24)14-5-7-15(19)8-6-14/h5-8H,2-4,9-13H2,1H3. The van der Waals surface area contributed by atoms with Crippen molar-refractivity contribution in [3.63, 3.8) is 0 Å². The molecule has 0 atom stereocenters. The van der Waals surface area contributed by atoms with E-state index in [1.807, 2.05) is 0 Å². The van der Waals surface area contributed by atoms with Crippen LogP contribution in [0.15, 0.2) is 29.4 Å². The minimum Gasteiger partial charge on any atom is -0.378 e. The Bertz CT molecular complexity index is 729. The van der Waals surface area contributed by atoms with Crippen molar-refractivity contribution < 1.29 is 13.9 Å². The largest absolute Gasteiger partial charge is 0.378 e. The number of hydrogen-bond acceptors (Lipinski definition) is 6. The zero-order valence-electron chi connectivity index (χ0n) is 14.9. The number of morpholine rings is 1. The summed E-state index contributed by atoms with van der Waals surface area (Å²) < 4.78 is 20.4. The van der Waals surface area contributed by atoms with Gasteiger partial charge in [-0.2, -0.15) is 0 Å². The van der Waals surface area contributed by atoms with E-state index in [1.165, 1.54) is 24.3 Å². The highest BCUT2D eigenvalue weighted by atomic mass is 32.2. The van der Waals surface area contributed by atoms with E-state index >= 15 is 0 Å². The molecule has 6 nitrogen and oxygen atoms in total. The van der Waals surface area contributed by atoms with E-state index in [4.69, 9.17) is 4.74 Å². The van der Waals surface area contributed by atoms with Gasteiger partial charge >= 0.3 is 0 Å². The van der Waals surface area contributed by atoms with Crippen LogP contribution in [0.3, 0.4) is 0 Å². The van der Waals surface area contributed by atoms with Crippen molar-refractivity contribution in [3.8, 4) is 0 Å². The number of benzene rings is 1. The van der Waals surface area contributed by atoms with Crippen LogP contribution in [0.2, 0.25) is 0 Å². The molecule has 3 rings (SSSR count). The van der Waals surface area contributed by atoms with Crippen LogP contribution in [0.1, 0.15) is 30.1 Å². The second-order valence-corrected chi connectivity index (χ2v) is 7.07. The summed E-state index contributed by atoms with van der Waals surface area (Å²) in [5.74, 6) is 1.39. The molecule has 0 radical (unpaired) electrons. The van der Waals surface area contributed by atoms with Gasteiger partial charge in [0.15, 0.2) is 10.9 Å². The molecule has 0 bridgehead atoms. The molecule has 1 aliphatic rings. The fraction of sp³-hybridized carbons (Fsp3) is 0.500. The quantitative estimate of drug-likeness (QED) is 0.400. The zero-order valence-corrected chi connectivity index (χ0v) is 15.7. The lowest BCUT2D eigenvalue weighted by molar-refractivity contribution is 0.0982. The number of nitrogens with zero attached hydrogens (tertiary/aromatic N) is 4. The van der Waals surface area contributed by atoms with Crippen LogP contribution in [0.25, 0.3) is 0 Å². The van der Waals surface area contributed by atoms with Crippen molar-refractivity contribution in [1.29, 1.82) is 0 Å². The van der Waals surface area contributed by atoms with Gasteiger partial charge in [0, 0.05) is 37.4 Å². The van der Waals surface area contributed by atoms with Crippen LogP contribution in [0, 0.1) is 5.82 Å². The monoisotopic (exact) mass is 378 g/mol. The number of anilines is 1. The molecule has 1 aromatic heterocycles. The predicted octanol–water partition coefficient (Wildman–Crippen LogP) is 3.03. The summed E-state index contributed by atoms with van der Waals surface area (Å²) in [5.41, 5.74) is 0.558. The smallest absolute Gasteiger partial charge is 0.228 e. The lowest BCUT2D eigenvalue weighted by atomic mass is 10.1. The Balaban J connectivity index is 1.51. The number of aromatic nitrogens is 3. The number of thioether (sulfide) groups is 1. The van der Waals surface area contributed by atoms with Crippen LogP contribution >= 0.6 is 11.8 Å². The Morgan fingerprint density at radius 2 is 1.96 bits per heavy atom. The number of rotatable bonds is 8. The minimum absolute atomic E-state index is 0.0385. The van der Waals surface area contributed by atoms with Crippen molar-refractivity contribution in [2.45, 2.75) is 31.5 Å². The lowest BCUT2D eigenvalue weighted by Crippen LogP contribution is -2.38. The van der Waals surface area contributed by atoms with E-state index in [-0.39, 0.29) is 11.6 Å². The molecule has 0 saturated carbocycles. The summed E-state index contributed by atoms with van der Waals surface area (Å²) in [6.07, 6.45) is 1.18. The van der Waals surface area contributed by atoms with Gasteiger partial charge in [-0.1, -0.05) is 11.8 Å². The number of carbonyl (C=O) groups is 1. The number of Topliss-reactive ketones (excluding diaryl/α,β-unsaturated/α-hetero) is 1. The summed E-state index contributed by atoms with van der Waals surface area (Å²) in [6.45, 7) is 5.96. The van der Waals surface area contributed by atoms with E-state index in [0.717, 1.165) is 42.9 Å². The van der Waals surface area contributed by atoms with E-state index in [9.17, 15) is 9.18 Å². The zero-order chi connectivity index (χ0) is 18.4. The number of ketones is 1. The molecular formula is C18H23FN4O2S. The first-order chi connectivity index (χ1) is 12.7.